The standard InChI is InChI=1S/C10H5Cl2N5O2S/c11-9-8(10(12)16-5-15-9)17-20(18,19)7-2-1-6(3-13)14-4-7/h1-2,4-5,17H. The molecule has 2 aromatic heterocycles. The van der Waals surface area contributed by atoms with Crippen LogP contribution in [-0.2, 0) is 10.0 Å². The van der Waals surface area contributed by atoms with Crippen LogP contribution in [0.4, 0.5) is 5.69 Å². The van der Waals surface area contributed by atoms with Gasteiger partial charge in [0.2, 0.25) is 0 Å². The van der Waals surface area contributed by atoms with E-state index in [0.29, 0.717) is 0 Å². The molecule has 0 aromatic carbocycles. The zero-order valence-electron chi connectivity index (χ0n) is 9.58. The predicted octanol–water partition coefficient (Wildman–Crippen LogP) is 1.85. The molecule has 1 N–H and O–H groups in total. The van der Waals surface area contributed by atoms with Crippen molar-refractivity contribution in [3.8, 4) is 6.07 Å². The fourth-order valence-corrected chi connectivity index (χ4v) is 2.77. The second-order valence-electron chi connectivity index (χ2n) is 3.43. The first-order chi connectivity index (χ1) is 9.44. The van der Waals surface area contributed by atoms with Crippen LogP contribution in [0.5, 0.6) is 0 Å². The lowest BCUT2D eigenvalue weighted by molar-refractivity contribution is 0.600. The van der Waals surface area contributed by atoms with Gasteiger partial charge in [-0.05, 0) is 12.1 Å². The van der Waals surface area contributed by atoms with Crippen LogP contribution in [0.3, 0.4) is 0 Å². The molecule has 0 aliphatic rings. The molecule has 0 fully saturated rings. The lowest BCUT2D eigenvalue weighted by atomic mass is 10.4. The van der Waals surface area contributed by atoms with E-state index in [0.717, 1.165) is 12.5 Å². The highest BCUT2D eigenvalue weighted by molar-refractivity contribution is 7.92. The highest BCUT2D eigenvalue weighted by Crippen LogP contribution is 2.28. The van der Waals surface area contributed by atoms with Crippen LogP contribution in [0.1, 0.15) is 5.69 Å². The molecule has 0 saturated carbocycles. The predicted molar refractivity (Wildman–Crippen MR) is 71.8 cm³/mol. The monoisotopic (exact) mass is 329 g/mol. The second-order valence-corrected chi connectivity index (χ2v) is 5.83. The molecule has 0 amide bonds. The third kappa shape index (κ3) is 2.96. The van der Waals surface area contributed by atoms with Crippen molar-refractivity contribution in [2.45, 2.75) is 4.90 Å². The lowest BCUT2D eigenvalue weighted by Gasteiger charge is -2.09. The van der Waals surface area contributed by atoms with E-state index in [2.05, 4.69) is 19.7 Å². The SMILES string of the molecule is N#Cc1ccc(S(=O)(=O)Nc2c(Cl)ncnc2Cl)cn1. The largest absolute Gasteiger partial charge is 0.274 e. The molecule has 7 nitrogen and oxygen atoms in total. The maximum Gasteiger partial charge on any atom is 0.263 e. The fraction of sp³-hybridized carbons (Fsp3) is 0. The van der Waals surface area contributed by atoms with Crippen molar-refractivity contribution in [2.75, 3.05) is 4.72 Å². The molecule has 0 saturated heterocycles. The van der Waals surface area contributed by atoms with Gasteiger partial charge in [0.25, 0.3) is 10.0 Å². The molecule has 0 bridgehead atoms. The number of rotatable bonds is 3. The van der Waals surface area contributed by atoms with Crippen LogP contribution in [0.15, 0.2) is 29.6 Å². The number of halogens is 2. The van der Waals surface area contributed by atoms with Gasteiger partial charge in [-0.25, -0.2) is 23.4 Å². The number of aromatic nitrogens is 3. The first kappa shape index (κ1) is 14.5. The molecule has 0 aliphatic heterocycles. The Kier molecular flexibility index (Phi) is 4.04. The number of pyridine rings is 1. The Morgan fingerprint density at radius 2 is 1.80 bits per heavy atom. The summed E-state index contributed by atoms with van der Waals surface area (Å²) in [5.41, 5.74) is -0.0248. The topological polar surface area (TPSA) is 109 Å². The number of sulfonamides is 1. The summed E-state index contributed by atoms with van der Waals surface area (Å²) < 4.78 is 26.4. The summed E-state index contributed by atoms with van der Waals surface area (Å²) in [4.78, 5) is 10.8. The van der Waals surface area contributed by atoms with Crippen LogP contribution < -0.4 is 4.72 Å². The van der Waals surface area contributed by atoms with E-state index in [1.165, 1.54) is 12.1 Å². The second kappa shape index (κ2) is 5.58. The van der Waals surface area contributed by atoms with Crippen LogP contribution in [-0.4, -0.2) is 23.4 Å². The average molecular weight is 330 g/mol. The van der Waals surface area contributed by atoms with Crippen molar-refractivity contribution in [1.82, 2.24) is 15.0 Å². The van der Waals surface area contributed by atoms with Gasteiger partial charge in [0.05, 0.1) is 0 Å². The van der Waals surface area contributed by atoms with E-state index in [4.69, 9.17) is 28.5 Å². The van der Waals surface area contributed by atoms with Crippen LogP contribution in [0.25, 0.3) is 0 Å². The third-order valence-corrected chi connectivity index (χ3v) is 4.06. The van der Waals surface area contributed by atoms with Crippen LogP contribution >= 0.6 is 23.2 Å². The summed E-state index contributed by atoms with van der Waals surface area (Å²) in [6.07, 6.45) is 2.15. The summed E-state index contributed by atoms with van der Waals surface area (Å²) in [6.45, 7) is 0. The first-order valence-corrected chi connectivity index (χ1v) is 7.23. The van der Waals surface area contributed by atoms with Crippen LogP contribution in [0.2, 0.25) is 10.3 Å². The Balaban J connectivity index is 2.38. The highest BCUT2D eigenvalue weighted by Gasteiger charge is 2.19. The number of nitriles is 1. The van der Waals surface area contributed by atoms with Gasteiger partial charge in [-0.2, -0.15) is 5.26 Å². The zero-order chi connectivity index (χ0) is 14.8. The molecule has 0 unspecified atom stereocenters. The number of nitrogens with zero attached hydrogens (tertiary/aromatic N) is 4. The molecule has 0 spiro atoms. The molecule has 2 rings (SSSR count). The minimum absolute atomic E-state index is 0.100. The average Bonchev–Trinajstić information content (AvgIpc) is 2.43. The number of nitrogens with one attached hydrogen (secondary N) is 1. The molecule has 20 heavy (non-hydrogen) atoms. The van der Waals surface area contributed by atoms with Crippen molar-refractivity contribution in [3.05, 3.63) is 40.7 Å². The Labute approximate surface area is 124 Å². The minimum Gasteiger partial charge on any atom is -0.274 e. The summed E-state index contributed by atoms with van der Waals surface area (Å²) in [5.74, 6) is 0. The normalized spacial score (nSPS) is 10.8. The molecule has 2 aromatic rings. The smallest absolute Gasteiger partial charge is 0.263 e. The molecular formula is C10H5Cl2N5O2S. The quantitative estimate of drug-likeness (QED) is 0.860. The minimum atomic E-state index is -3.95. The summed E-state index contributed by atoms with van der Waals surface area (Å²) in [5, 5.41) is 8.35. The van der Waals surface area contributed by atoms with Gasteiger partial charge < -0.3 is 0 Å². The van der Waals surface area contributed by atoms with E-state index in [-0.39, 0.29) is 26.6 Å². The maximum atomic E-state index is 12.1. The first-order valence-electron chi connectivity index (χ1n) is 4.99. The van der Waals surface area contributed by atoms with E-state index in [9.17, 15) is 8.42 Å². The van der Waals surface area contributed by atoms with E-state index >= 15 is 0 Å². The highest BCUT2D eigenvalue weighted by atomic mass is 35.5. The Hall–Kier alpha value is -1.95. The van der Waals surface area contributed by atoms with Crippen molar-refractivity contribution >= 4 is 38.9 Å². The Morgan fingerprint density at radius 3 is 2.30 bits per heavy atom. The maximum absolute atomic E-state index is 12.1. The van der Waals surface area contributed by atoms with Gasteiger partial charge >= 0.3 is 0 Å². The van der Waals surface area contributed by atoms with Gasteiger partial charge in [-0.15, -0.1) is 0 Å². The summed E-state index contributed by atoms with van der Waals surface area (Å²) in [6, 6.07) is 4.30. The van der Waals surface area contributed by atoms with Crippen molar-refractivity contribution in [3.63, 3.8) is 0 Å². The van der Waals surface area contributed by atoms with Gasteiger partial charge in [0.15, 0.2) is 10.3 Å². The van der Waals surface area contributed by atoms with Crippen molar-refractivity contribution in [1.29, 1.82) is 5.26 Å². The number of anilines is 1. The van der Waals surface area contributed by atoms with Gasteiger partial charge in [-0.3, -0.25) is 4.72 Å². The zero-order valence-corrected chi connectivity index (χ0v) is 11.9. The Bertz CT molecular complexity index is 766. The van der Waals surface area contributed by atoms with Crippen molar-refractivity contribution in [2.24, 2.45) is 0 Å². The molecule has 2 heterocycles. The molecule has 0 atom stereocenters. The fourth-order valence-electron chi connectivity index (χ4n) is 1.23. The van der Waals surface area contributed by atoms with Gasteiger partial charge in [0.1, 0.15) is 28.7 Å². The number of hydrogen-bond acceptors (Lipinski definition) is 6. The molecule has 0 aliphatic carbocycles. The lowest BCUT2D eigenvalue weighted by Crippen LogP contribution is -2.14. The summed E-state index contributed by atoms with van der Waals surface area (Å²) in [7, 11) is -3.95. The van der Waals surface area contributed by atoms with Crippen LogP contribution in [0, 0.1) is 11.3 Å². The van der Waals surface area contributed by atoms with E-state index in [1.54, 1.807) is 6.07 Å². The third-order valence-electron chi connectivity index (χ3n) is 2.15. The van der Waals surface area contributed by atoms with Gasteiger partial charge in [0, 0.05) is 6.20 Å². The molecular weight excluding hydrogens is 325 g/mol. The molecule has 10 heteroatoms. The van der Waals surface area contributed by atoms with E-state index in [1.807, 2.05) is 0 Å². The summed E-state index contributed by atoms with van der Waals surface area (Å²) >= 11 is 11.5. The van der Waals surface area contributed by atoms with Crippen molar-refractivity contribution < 1.29 is 8.42 Å². The van der Waals surface area contributed by atoms with E-state index < -0.39 is 10.0 Å². The molecule has 0 radical (unpaired) electrons. The Morgan fingerprint density at radius 1 is 1.15 bits per heavy atom. The van der Waals surface area contributed by atoms with Gasteiger partial charge in [-0.1, -0.05) is 23.2 Å². The number of hydrogen-bond donors (Lipinski definition) is 1. The molecule has 102 valence electrons.